The van der Waals surface area contributed by atoms with Gasteiger partial charge < -0.3 is 20.5 Å². The van der Waals surface area contributed by atoms with E-state index < -0.39 is 23.4 Å². The first-order valence-electron chi connectivity index (χ1n) is 12.8. The summed E-state index contributed by atoms with van der Waals surface area (Å²) in [5.41, 5.74) is 0.840. The monoisotopic (exact) mass is 550 g/mol. The molecule has 2 fully saturated rings. The number of hydrogen-bond donors (Lipinski definition) is 3. The number of rotatable bonds is 10. The largest absolute Gasteiger partial charge is 0.465 e. The molecule has 0 radical (unpaired) electrons. The number of ether oxygens (including phenoxy) is 1. The van der Waals surface area contributed by atoms with Crippen LogP contribution in [0.25, 0.3) is 0 Å². The summed E-state index contributed by atoms with van der Waals surface area (Å²) in [5.74, 6) is -1.09. The second-order valence-electron chi connectivity index (χ2n) is 10.2. The molecule has 9 heteroatoms. The van der Waals surface area contributed by atoms with Gasteiger partial charge in [0.25, 0.3) is 0 Å². The highest BCUT2D eigenvalue weighted by atomic mass is 35.5. The van der Waals surface area contributed by atoms with Gasteiger partial charge in [0.1, 0.15) is 5.82 Å². The first-order chi connectivity index (χ1) is 17.8. The van der Waals surface area contributed by atoms with E-state index in [1.54, 1.807) is 0 Å². The fourth-order valence-corrected chi connectivity index (χ4v) is 6.35. The van der Waals surface area contributed by atoms with E-state index in [-0.39, 0.29) is 33.5 Å². The number of nitrogens with one attached hydrogen (secondary N) is 2. The Balaban J connectivity index is 1.56. The molecule has 2 aliphatic rings. The number of carboxylic acid groups (broad SMARTS) is 1. The molecule has 0 heterocycles. The van der Waals surface area contributed by atoms with Crippen LogP contribution in [0.1, 0.15) is 68.5 Å². The highest BCUT2D eigenvalue weighted by molar-refractivity contribution is 6.42. The van der Waals surface area contributed by atoms with E-state index in [1.165, 1.54) is 12.1 Å². The highest BCUT2D eigenvalue weighted by Gasteiger charge is 2.45. The third kappa shape index (κ3) is 6.75. The number of hydrogen-bond acceptors (Lipinski definition) is 3. The number of carbonyl (C=O) groups is 2. The van der Waals surface area contributed by atoms with Crippen LogP contribution in [-0.2, 0) is 16.1 Å². The average Bonchev–Trinajstić information content (AvgIpc) is 3.55. The summed E-state index contributed by atoms with van der Waals surface area (Å²) in [4.78, 5) is 24.5. The van der Waals surface area contributed by atoms with Gasteiger partial charge in [-0.05, 0) is 61.6 Å². The van der Waals surface area contributed by atoms with Crippen LogP contribution in [-0.4, -0.2) is 29.8 Å². The first-order valence-corrected chi connectivity index (χ1v) is 13.6. The third-order valence-corrected chi connectivity index (χ3v) is 8.67. The van der Waals surface area contributed by atoms with E-state index in [2.05, 4.69) is 10.6 Å². The van der Waals surface area contributed by atoms with E-state index >= 15 is 4.39 Å². The Labute approximate surface area is 226 Å². The third-order valence-electron chi connectivity index (χ3n) is 7.85. The maximum Gasteiger partial charge on any atom is 0.404 e. The minimum absolute atomic E-state index is 0.111. The van der Waals surface area contributed by atoms with Crippen LogP contribution in [0.15, 0.2) is 42.5 Å². The number of carbonyl (C=O) groups excluding carboxylic acids is 1. The zero-order valence-electron chi connectivity index (χ0n) is 20.7. The van der Waals surface area contributed by atoms with Crippen LogP contribution >= 0.6 is 23.2 Å². The molecule has 2 aromatic carbocycles. The molecule has 2 saturated carbocycles. The Kier molecular flexibility index (Phi) is 9.32. The van der Waals surface area contributed by atoms with Gasteiger partial charge >= 0.3 is 6.09 Å². The molecule has 0 spiro atoms. The molecule has 2 aliphatic carbocycles. The molecule has 2 amide bonds. The molecule has 0 aliphatic heterocycles. The van der Waals surface area contributed by atoms with E-state index in [0.29, 0.717) is 38.9 Å². The van der Waals surface area contributed by atoms with Gasteiger partial charge in [-0.1, -0.05) is 66.4 Å². The fraction of sp³-hybridized carbons (Fsp3) is 0.500. The summed E-state index contributed by atoms with van der Waals surface area (Å²) >= 11 is 12.9. The standard InChI is InChI=1S/C28H33Cl2FN2O4/c29-21-10-11-22(31)23(24(21)30)25(33-26(34)19-8-9-20(16-19)32-27(35)36)28(12-4-5-13-28)14-15-37-17-18-6-2-1-3-7-18/h1-3,6-7,10-11,19-20,25,32H,4-5,8-9,12-17H2,(H,33,34)(H,35,36)/t19-,20-,25?/m1/s1. The SMILES string of the molecule is O=C(O)N[C@@H]1CC[C@@H](C(=O)NC(c2c(F)ccc(Cl)c2Cl)C2(CCOCc3ccccc3)CCCC2)C1. The predicted octanol–water partition coefficient (Wildman–Crippen LogP) is 6.89. The maximum absolute atomic E-state index is 15.3. The van der Waals surface area contributed by atoms with Crippen molar-refractivity contribution >= 4 is 35.2 Å². The molecule has 6 nitrogen and oxygen atoms in total. The van der Waals surface area contributed by atoms with Crippen molar-refractivity contribution in [1.82, 2.24) is 10.6 Å². The van der Waals surface area contributed by atoms with Crippen molar-refractivity contribution in [2.75, 3.05) is 6.61 Å². The molecular formula is C28H33Cl2FN2O4. The Morgan fingerprint density at radius 3 is 2.54 bits per heavy atom. The van der Waals surface area contributed by atoms with Crippen LogP contribution in [0.4, 0.5) is 9.18 Å². The lowest BCUT2D eigenvalue weighted by molar-refractivity contribution is -0.127. The van der Waals surface area contributed by atoms with E-state index in [1.807, 2.05) is 30.3 Å². The number of amides is 2. The van der Waals surface area contributed by atoms with Crippen LogP contribution in [0.5, 0.6) is 0 Å². The summed E-state index contributed by atoms with van der Waals surface area (Å²) < 4.78 is 21.3. The molecule has 3 atom stereocenters. The topological polar surface area (TPSA) is 87.7 Å². The molecule has 0 saturated heterocycles. The minimum Gasteiger partial charge on any atom is -0.465 e. The van der Waals surface area contributed by atoms with Gasteiger partial charge in [-0.25, -0.2) is 9.18 Å². The summed E-state index contributed by atoms with van der Waals surface area (Å²) in [6, 6.07) is 11.7. The summed E-state index contributed by atoms with van der Waals surface area (Å²) in [5, 5.41) is 15.0. The van der Waals surface area contributed by atoms with Crippen molar-refractivity contribution in [3.63, 3.8) is 0 Å². The lowest BCUT2D eigenvalue weighted by Gasteiger charge is -2.39. The Morgan fingerprint density at radius 2 is 1.84 bits per heavy atom. The molecule has 3 N–H and O–H groups in total. The molecule has 0 aromatic heterocycles. The Bertz CT molecular complexity index is 1100. The van der Waals surface area contributed by atoms with Gasteiger partial charge in [0.2, 0.25) is 5.91 Å². The first kappa shape index (κ1) is 27.7. The van der Waals surface area contributed by atoms with Gasteiger partial charge in [-0.2, -0.15) is 0 Å². The second kappa shape index (κ2) is 12.5. The summed E-state index contributed by atoms with van der Waals surface area (Å²) in [6.07, 6.45) is 4.58. The van der Waals surface area contributed by atoms with Gasteiger partial charge in [0.05, 0.1) is 22.7 Å². The van der Waals surface area contributed by atoms with Crippen molar-refractivity contribution < 1.29 is 23.8 Å². The van der Waals surface area contributed by atoms with Gasteiger partial charge in [0, 0.05) is 24.1 Å². The van der Waals surface area contributed by atoms with Crippen molar-refractivity contribution in [2.24, 2.45) is 11.3 Å². The molecule has 37 heavy (non-hydrogen) atoms. The summed E-state index contributed by atoms with van der Waals surface area (Å²) in [7, 11) is 0. The minimum atomic E-state index is -1.10. The van der Waals surface area contributed by atoms with Gasteiger partial charge in [0.15, 0.2) is 0 Å². The zero-order chi connectivity index (χ0) is 26.4. The fourth-order valence-electron chi connectivity index (χ4n) is 5.93. The normalized spacial score (nSPS) is 21.5. The van der Waals surface area contributed by atoms with Crippen molar-refractivity contribution in [2.45, 2.75) is 70.1 Å². The number of halogens is 3. The maximum atomic E-state index is 15.3. The van der Waals surface area contributed by atoms with Crippen LogP contribution in [0.3, 0.4) is 0 Å². The summed E-state index contributed by atoms with van der Waals surface area (Å²) in [6.45, 7) is 0.926. The molecule has 200 valence electrons. The smallest absolute Gasteiger partial charge is 0.404 e. The van der Waals surface area contributed by atoms with Crippen molar-refractivity contribution in [3.8, 4) is 0 Å². The lowest BCUT2D eigenvalue weighted by atomic mass is 9.72. The average molecular weight is 551 g/mol. The van der Waals surface area contributed by atoms with Crippen LogP contribution in [0.2, 0.25) is 10.0 Å². The van der Waals surface area contributed by atoms with Gasteiger partial charge in [-0.3, -0.25) is 4.79 Å². The lowest BCUT2D eigenvalue weighted by Crippen LogP contribution is -2.43. The molecule has 2 aromatic rings. The van der Waals surface area contributed by atoms with Crippen molar-refractivity contribution in [1.29, 1.82) is 0 Å². The molecular weight excluding hydrogens is 518 g/mol. The Morgan fingerprint density at radius 1 is 1.11 bits per heavy atom. The molecule has 4 rings (SSSR count). The van der Waals surface area contributed by atoms with Crippen LogP contribution < -0.4 is 10.6 Å². The van der Waals surface area contributed by atoms with Crippen LogP contribution in [0, 0.1) is 17.2 Å². The van der Waals surface area contributed by atoms with Gasteiger partial charge in [-0.15, -0.1) is 0 Å². The predicted molar refractivity (Wildman–Crippen MR) is 141 cm³/mol. The number of benzene rings is 2. The zero-order valence-corrected chi connectivity index (χ0v) is 22.2. The quantitative estimate of drug-likeness (QED) is 0.222. The molecule has 1 unspecified atom stereocenters. The molecule has 0 bridgehead atoms. The van der Waals surface area contributed by atoms with E-state index in [9.17, 15) is 9.59 Å². The second-order valence-corrected chi connectivity index (χ2v) is 11.0. The van der Waals surface area contributed by atoms with E-state index in [0.717, 1.165) is 31.2 Å². The Hall–Kier alpha value is -2.35. The highest BCUT2D eigenvalue weighted by Crippen LogP contribution is 2.52. The van der Waals surface area contributed by atoms with Crippen molar-refractivity contribution in [3.05, 3.63) is 69.5 Å². The van der Waals surface area contributed by atoms with E-state index in [4.69, 9.17) is 33.0 Å².